The van der Waals surface area contributed by atoms with Crippen molar-refractivity contribution < 1.29 is 19.1 Å². The number of thiophene rings is 2. The van der Waals surface area contributed by atoms with Gasteiger partial charge in [0, 0.05) is 46.8 Å². The first-order valence-corrected chi connectivity index (χ1v) is 22.1. The minimum Gasteiger partial charge on any atom is -0.444 e. The number of nitrogens with one attached hydrogen (secondary N) is 3. The first kappa shape index (κ1) is 41.7. The first-order valence-electron chi connectivity index (χ1n) is 18.8. The van der Waals surface area contributed by atoms with Gasteiger partial charge in [0.1, 0.15) is 25.6 Å². The second-order valence-corrected chi connectivity index (χ2v) is 18.8. The van der Waals surface area contributed by atoms with Gasteiger partial charge in [0.25, 0.3) is 0 Å². The monoisotopic (exact) mass is 850 g/mol. The predicted octanol–water partition coefficient (Wildman–Crippen LogP) is 10.9. The summed E-state index contributed by atoms with van der Waals surface area (Å²) in [5, 5.41) is 13.4. The number of carbonyl (C=O) groups excluding carboxylic acids is 3. The molecule has 2 aromatic carbocycles. The Morgan fingerprint density at radius 2 is 1.29 bits per heavy atom. The van der Waals surface area contributed by atoms with Crippen molar-refractivity contribution >= 4 is 106 Å². The minimum absolute atomic E-state index is 0. The van der Waals surface area contributed by atoms with Gasteiger partial charge in [-0.1, -0.05) is 38.1 Å². The fraction of sp³-hybridized carbons (Fsp3) is 0.390. The summed E-state index contributed by atoms with van der Waals surface area (Å²) < 4.78 is 7.87. The molecule has 0 fully saturated rings. The van der Waals surface area contributed by atoms with E-state index >= 15 is 0 Å². The van der Waals surface area contributed by atoms with Gasteiger partial charge < -0.3 is 25.6 Å². The van der Waals surface area contributed by atoms with Crippen molar-refractivity contribution in [3.05, 3.63) is 69.4 Å². The number of benzene rings is 2. The van der Waals surface area contributed by atoms with Crippen molar-refractivity contribution in [1.82, 2.24) is 20.2 Å². The molecule has 3 N–H and O–H groups in total. The number of thiazole rings is 2. The van der Waals surface area contributed by atoms with Crippen LogP contribution in [-0.2, 0) is 40.3 Å². The maximum absolute atomic E-state index is 12.6. The smallest absolute Gasteiger partial charge is 0.410 e. The zero-order valence-corrected chi connectivity index (χ0v) is 36.3. The maximum Gasteiger partial charge on any atom is 0.410 e. The van der Waals surface area contributed by atoms with Gasteiger partial charge in [0.05, 0.1) is 27.0 Å². The summed E-state index contributed by atoms with van der Waals surface area (Å²) >= 11 is 6.58. The van der Waals surface area contributed by atoms with Crippen LogP contribution in [0.4, 0.5) is 14.8 Å². The summed E-state index contributed by atoms with van der Waals surface area (Å²) in [6.07, 6.45) is 4.08. The Bertz CT molecular complexity index is 2290. The van der Waals surface area contributed by atoms with Gasteiger partial charge >= 0.3 is 6.09 Å². The van der Waals surface area contributed by atoms with Gasteiger partial charge in [0.2, 0.25) is 11.8 Å². The number of hydrogen-bond acceptors (Lipinski definition) is 11. The number of carbonyl (C=O) groups is 3. The Morgan fingerprint density at radius 3 is 1.80 bits per heavy atom. The topological polar surface area (TPSA) is 126 Å². The van der Waals surface area contributed by atoms with Crippen LogP contribution in [0, 0.1) is 0 Å². The molecule has 56 heavy (non-hydrogen) atoms. The number of hydrogen-bond donors (Lipinski definition) is 3. The highest BCUT2D eigenvalue weighted by atomic mass is 35.5. The molecule has 4 aromatic heterocycles. The highest BCUT2D eigenvalue weighted by Crippen LogP contribution is 2.47. The molecule has 3 amide bonds. The van der Waals surface area contributed by atoms with Crippen molar-refractivity contribution in [2.75, 3.05) is 23.7 Å². The van der Waals surface area contributed by atoms with Gasteiger partial charge in [-0.3, -0.25) is 9.59 Å². The largest absolute Gasteiger partial charge is 0.444 e. The van der Waals surface area contributed by atoms with E-state index in [1.807, 2.05) is 71.0 Å². The van der Waals surface area contributed by atoms with Gasteiger partial charge in [-0.05, 0) is 88.4 Å². The third-order valence-corrected chi connectivity index (χ3v) is 13.5. The van der Waals surface area contributed by atoms with E-state index in [9.17, 15) is 14.4 Å². The molecule has 0 bridgehead atoms. The third-order valence-electron chi connectivity index (χ3n) is 9.11. The summed E-state index contributed by atoms with van der Waals surface area (Å²) in [4.78, 5) is 51.0. The zero-order chi connectivity index (χ0) is 38.7. The van der Waals surface area contributed by atoms with Gasteiger partial charge in [-0.25, -0.2) is 14.8 Å². The Morgan fingerprint density at radius 1 is 0.768 bits per heavy atom. The molecule has 0 saturated heterocycles. The Hall–Kier alpha value is -3.92. The van der Waals surface area contributed by atoms with Crippen LogP contribution in [0.15, 0.2) is 48.5 Å². The fourth-order valence-electron chi connectivity index (χ4n) is 6.64. The van der Waals surface area contributed by atoms with Gasteiger partial charge in [-0.15, -0.1) is 57.8 Å². The lowest BCUT2D eigenvalue weighted by Gasteiger charge is -2.30. The van der Waals surface area contributed by atoms with Crippen LogP contribution in [0.3, 0.4) is 0 Å². The maximum atomic E-state index is 12.6. The van der Waals surface area contributed by atoms with Gasteiger partial charge in [0.15, 0.2) is 0 Å². The molecule has 0 radical (unpaired) electrons. The second kappa shape index (κ2) is 18.1. The van der Waals surface area contributed by atoms with Crippen molar-refractivity contribution in [3.63, 3.8) is 0 Å². The van der Waals surface area contributed by atoms with E-state index in [1.165, 1.54) is 20.7 Å². The lowest BCUT2D eigenvalue weighted by molar-refractivity contribution is -0.117. The summed E-state index contributed by atoms with van der Waals surface area (Å²) in [5.41, 5.74) is 6.13. The number of amides is 3. The van der Waals surface area contributed by atoms with Gasteiger partial charge in [-0.2, -0.15) is 0 Å². The number of aromatic nitrogens is 2. The standard InChI is InChI=1S/C23H27N3O3S2.C18H19N3OS2.ClH/c1-5-8-18(27)25-21-19(20-24-15-9-6-7-10-16(15)30-20)14-11-12-26(13-17(14)31-21)22(28)29-23(2,3)4;1-2-5-15(22)21-18-16(11-8-9-19-10-14(11)24-18)17-20-12-6-3-4-7-13(12)23-17;/h6-7,9-10H,5,8,11-13H2,1-4H3,(H,25,27);3-4,6-7,19H,2,5,8-10H2,1H3,(H,21,22);1H. The highest BCUT2D eigenvalue weighted by Gasteiger charge is 2.31. The quantitative estimate of drug-likeness (QED) is 0.139. The van der Waals surface area contributed by atoms with E-state index in [2.05, 4.69) is 28.1 Å². The summed E-state index contributed by atoms with van der Waals surface area (Å²) in [6, 6.07) is 16.3. The molecule has 0 spiro atoms. The summed E-state index contributed by atoms with van der Waals surface area (Å²) in [5.74, 6) is 0.0962. The Labute approximate surface area is 349 Å². The highest BCUT2D eigenvalue weighted by molar-refractivity contribution is 7.23. The molecular weight excluding hydrogens is 804 g/mol. The van der Waals surface area contributed by atoms with E-state index in [0.717, 1.165) is 84.1 Å². The SMILES string of the molecule is CCCC(=O)Nc1sc2c(c1-c1nc3ccccc3s1)CCN(C(=O)OC(C)(C)C)C2.CCCC(=O)Nc1sc2c(c1-c1nc3ccccc3s1)CCNC2.Cl. The number of nitrogens with zero attached hydrogens (tertiary/aromatic N) is 3. The van der Waals surface area contributed by atoms with E-state index in [-0.39, 0.29) is 30.3 Å². The lowest BCUT2D eigenvalue weighted by atomic mass is 10.0. The molecule has 0 unspecified atom stereocenters. The van der Waals surface area contributed by atoms with Crippen LogP contribution in [0.5, 0.6) is 0 Å². The van der Waals surface area contributed by atoms with Crippen LogP contribution in [0.2, 0.25) is 0 Å². The first-order chi connectivity index (χ1) is 26.5. The van der Waals surface area contributed by atoms with Crippen molar-refractivity contribution in [2.24, 2.45) is 0 Å². The number of ether oxygens (including phenoxy) is 1. The molecule has 6 aromatic rings. The van der Waals surface area contributed by atoms with E-state index < -0.39 is 5.60 Å². The summed E-state index contributed by atoms with van der Waals surface area (Å²) in [7, 11) is 0. The van der Waals surface area contributed by atoms with Crippen molar-refractivity contribution in [1.29, 1.82) is 0 Å². The van der Waals surface area contributed by atoms with Crippen LogP contribution >= 0.6 is 57.8 Å². The van der Waals surface area contributed by atoms with Crippen molar-refractivity contribution in [2.45, 2.75) is 91.8 Å². The van der Waals surface area contributed by atoms with Crippen molar-refractivity contribution in [3.8, 4) is 21.1 Å². The Kier molecular flexibility index (Phi) is 13.5. The van der Waals surface area contributed by atoms with E-state index in [1.54, 1.807) is 50.2 Å². The number of para-hydroxylation sites is 2. The van der Waals surface area contributed by atoms with Crippen LogP contribution in [0.1, 0.15) is 81.2 Å². The van der Waals surface area contributed by atoms with Crippen LogP contribution in [-0.4, -0.2) is 51.5 Å². The summed E-state index contributed by atoms with van der Waals surface area (Å²) in [6.45, 7) is 12.6. The fourth-order valence-corrected chi connectivity index (χ4v) is 11.4. The molecule has 15 heteroatoms. The van der Waals surface area contributed by atoms with Crippen LogP contribution in [0.25, 0.3) is 41.6 Å². The number of halogens is 1. The molecular formula is C41H47ClN6O4S4. The zero-order valence-electron chi connectivity index (χ0n) is 32.2. The molecule has 0 saturated carbocycles. The molecule has 2 aliphatic heterocycles. The normalized spacial score (nSPS) is 13.6. The Balaban J connectivity index is 0.000000192. The molecule has 0 atom stereocenters. The lowest BCUT2D eigenvalue weighted by Crippen LogP contribution is -2.39. The second-order valence-electron chi connectivity index (χ2n) is 14.6. The molecule has 296 valence electrons. The minimum atomic E-state index is -0.530. The average molecular weight is 852 g/mol. The number of anilines is 2. The predicted molar refractivity (Wildman–Crippen MR) is 236 cm³/mol. The van der Waals surface area contributed by atoms with E-state index in [0.29, 0.717) is 32.4 Å². The molecule has 0 aliphatic carbocycles. The number of rotatable bonds is 8. The average Bonchev–Trinajstić information content (AvgIpc) is 3.92. The number of fused-ring (bicyclic) bond motifs is 4. The molecule has 10 nitrogen and oxygen atoms in total. The molecule has 8 rings (SSSR count). The van der Waals surface area contributed by atoms with Crippen LogP contribution < -0.4 is 16.0 Å². The molecule has 6 heterocycles. The molecule has 2 aliphatic rings. The third kappa shape index (κ3) is 9.43. The van der Waals surface area contributed by atoms with E-state index in [4.69, 9.17) is 14.7 Å².